The first-order valence-corrected chi connectivity index (χ1v) is 8.50. The highest BCUT2D eigenvalue weighted by Crippen LogP contribution is 2.32. The van der Waals surface area contributed by atoms with E-state index in [1.165, 1.54) is 11.8 Å². The zero-order valence-electron chi connectivity index (χ0n) is 14.1. The first-order chi connectivity index (χ1) is 12.1. The average Bonchev–Trinajstić information content (AvgIpc) is 2.97. The number of nitrogens with zero attached hydrogens (tertiary/aromatic N) is 3. The first-order valence-electron chi connectivity index (χ1n) is 8.50. The molecule has 0 radical (unpaired) electrons. The molecule has 0 spiro atoms. The predicted octanol–water partition coefficient (Wildman–Crippen LogP) is 2.76. The molecule has 0 saturated heterocycles. The minimum absolute atomic E-state index is 0.0852. The van der Waals surface area contributed by atoms with Gasteiger partial charge in [-0.2, -0.15) is 5.10 Å². The standard InChI is InChI=1S/C20H19N3O2/c1-14-12-15-6-2-4-8-17(15)23(14)20(25)10-11-22-18-9-5-3-7-16(18)19(24)13-21-22/h2-9,13-14H,10-12H2,1H3/t14-/m1/s1. The Morgan fingerprint density at radius 2 is 1.92 bits per heavy atom. The number of carbonyl (C=O) groups excluding carboxylic acids is 1. The first kappa shape index (κ1) is 15.6. The molecule has 0 aliphatic carbocycles. The Balaban J connectivity index is 1.57. The van der Waals surface area contributed by atoms with Crippen LogP contribution in [-0.4, -0.2) is 21.7 Å². The summed E-state index contributed by atoms with van der Waals surface area (Å²) in [5.74, 6) is 0.0852. The van der Waals surface area contributed by atoms with Crippen molar-refractivity contribution in [2.45, 2.75) is 32.4 Å². The SMILES string of the molecule is C[C@@H]1Cc2ccccc2N1C(=O)CCn1ncc(=O)c2ccccc21. The van der Waals surface area contributed by atoms with Crippen molar-refractivity contribution in [1.82, 2.24) is 9.78 Å². The van der Waals surface area contributed by atoms with Crippen molar-refractivity contribution >= 4 is 22.5 Å². The Morgan fingerprint density at radius 1 is 1.16 bits per heavy atom. The van der Waals surface area contributed by atoms with Gasteiger partial charge in [0, 0.05) is 23.5 Å². The fourth-order valence-corrected chi connectivity index (χ4v) is 3.61. The van der Waals surface area contributed by atoms with Crippen molar-refractivity contribution in [2.24, 2.45) is 0 Å². The molecule has 25 heavy (non-hydrogen) atoms. The van der Waals surface area contributed by atoms with Crippen molar-refractivity contribution in [2.75, 3.05) is 4.90 Å². The molecule has 0 N–H and O–H groups in total. The van der Waals surface area contributed by atoms with Crippen LogP contribution >= 0.6 is 0 Å². The largest absolute Gasteiger partial charge is 0.309 e. The number of anilines is 1. The number of rotatable bonds is 3. The molecule has 1 amide bonds. The fourth-order valence-electron chi connectivity index (χ4n) is 3.61. The number of benzene rings is 2. The average molecular weight is 333 g/mol. The summed E-state index contributed by atoms with van der Waals surface area (Å²) in [5, 5.41) is 4.83. The van der Waals surface area contributed by atoms with Gasteiger partial charge in [0.2, 0.25) is 11.3 Å². The Hall–Kier alpha value is -2.95. The summed E-state index contributed by atoms with van der Waals surface area (Å²) < 4.78 is 1.74. The van der Waals surface area contributed by atoms with Crippen LogP contribution in [0.4, 0.5) is 5.69 Å². The molecule has 0 bridgehead atoms. The van der Waals surface area contributed by atoms with E-state index in [4.69, 9.17) is 0 Å². The Kier molecular flexibility index (Phi) is 3.84. The third kappa shape index (κ3) is 2.71. The van der Waals surface area contributed by atoms with Gasteiger partial charge in [0.05, 0.1) is 18.3 Å². The summed E-state index contributed by atoms with van der Waals surface area (Å²) >= 11 is 0. The number of aryl methyl sites for hydroxylation is 1. The molecule has 2 heterocycles. The number of hydrogen-bond donors (Lipinski definition) is 0. The Labute approximate surface area is 145 Å². The predicted molar refractivity (Wildman–Crippen MR) is 97.7 cm³/mol. The van der Waals surface area contributed by atoms with E-state index in [2.05, 4.69) is 18.1 Å². The number of hydrogen-bond acceptors (Lipinski definition) is 3. The lowest BCUT2D eigenvalue weighted by atomic mass is 10.1. The minimum atomic E-state index is -0.0970. The summed E-state index contributed by atoms with van der Waals surface area (Å²) in [6.45, 7) is 2.52. The van der Waals surface area contributed by atoms with E-state index in [9.17, 15) is 9.59 Å². The van der Waals surface area contributed by atoms with Gasteiger partial charge in [0.15, 0.2) is 0 Å². The normalized spacial score (nSPS) is 16.2. The van der Waals surface area contributed by atoms with Crippen LogP contribution < -0.4 is 10.3 Å². The molecule has 3 aromatic rings. The van der Waals surface area contributed by atoms with Gasteiger partial charge in [0.1, 0.15) is 0 Å². The number of fused-ring (bicyclic) bond motifs is 2. The van der Waals surface area contributed by atoms with Gasteiger partial charge in [-0.15, -0.1) is 0 Å². The van der Waals surface area contributed by atoms with Crippen LogP contribution in [0.1, 0.15) is 18.9 Å². The van der Waals surface area contributed by atoms with Crippen LogP contribution in [-0.2, 0) is 17.8 Å². The molecule has 1 atom stereocenters. The van der Waals surface area contributed by atoms with Gasteiger partial charge >= 0.3 is 0 Å². The Bertz CT molecular complexity index is 1010. The van der Waals surface area contributed by atoms with Crippen molar-refractivity contribution in [3.63, 3.8) is 0 Å². The second-order valence-corrected chi connectivity index (χ2v) is 6.44. The maximum atomic E-state index is 12.8. The smallest absolute Gasteiger partial charge is 0.229 e. The highest BCUT2D eigenvalue weighted by Gasteiger charge is 2.30. The lowest BCUT2D eigenvalue weighted by Gasteiger charge is -2.23. The fraction of sp³-hybridized carbons (Fsp3) is 0.250. The third-order valence-corrected chi connectivity index (χ3v) is 4.78. The van der Waals surface area contributed by atoms with E-state index in [-0.39, 0.29) is 17.4 Å². The number of amides is 1. The second kappa shape index (κ2) is 6.16. The lowest BCUT2D eigenvalue weighted by Crippen LogP contribution is -2.36. The molecule has 4 rings (SSSR count). The zero-order chi connectivity index (χ0) is 17.4. The molecule has 1 aliphatic rings. The summed E-state index contributed by atoms with van der Waals surface area (Å²) in [5.41, 5.74) is 2.89. The van der Waals surface area contributed by atoms with Gasteiger partial charge in [-0.25, -0.2) is 0 Å². The molecular formula is C20H19N3O2. The van der Waals surface area contributed by atoms with Crippen LogP contribution in [0, 0.1) is 0 Å². The summed E-state index contributed by atoms with van der Waals surface area (Å²) in [6, 6.07) is 15.6. The lowest BCUT2D eigenvalue weighted by molar-refractivity contribution is -0.119. The topological polar surface area (TPSA) is 55.2 Å². The van der Waals surface area contributed by atoms with Gasteiger partial charge in [0.25, 0.3) is 0 Å². The van der Waals surface area contributed by atoms with Crippen LogP contribution in [0.15, 0.2) is 59.5 Å². The molecule has 126 valence electrons. The number of carbonyl (C=O) groups is 1. The van der Waals surface area contributed by atoms with Gasteiger partial charge < -0.3 is 4.90 Å². The number of para-hydroxylation sites is 2. The quantitative estimate of drug-likeness (QED) is 0.740. The maximum absolute atomic E-state index is 12.8. The van der Waals surface area contributed by atoms with Gasteiger partial charge in [-0.1, -0.05) is 30.3 Å². The van der Waals surface area contributed by atoms with E-state index < -0.39 is 0 Å². The molecular weight excluding hydrogens is 314 g/mol. The molecule has 5 nitrogen and oxygen atoms in total. The summed E-state index contributed by atoms with van der Waals surface area (Å²) in [4.78, 5) is 26.6. The summed E-state index contributed by atoms with van der Waals surface area (Å²) in [6.07, 6.45) is 2.56. The minimum Gasteiger partial charge on any atom is -0.309 e. The third-order valence-electron chi connectivity index (χ3n) is 4.78. The van der Waals surface area contributed by atoms with Crippen molar-refractivity contribution < 1.29 is 4.79 Å². The molecule has 1 aromatic heterocycles. The van der Waals surface area contributed by atoms with E-state index in [1.807, 2.05) is 41.3 Å². The number of aromatic nitrogens is 2. The van der Waals surface area contributed by atoms with Crippen LogP contribution in [0.5, 0.6) is 0 Å². The van der Waals surface area contributed by atoms with Crippen molar-refractivity contribution in [3.8, 4) is 0 Å². The van der Waals surface area contributed by atoms with E-state index in [1.54, 1.807) is 10.7 Å². The molecule has 1 aliphatic heterocycles. The van der Waals surface area contributed by atoms with E-state index in [0.717, 1.165) is 17.6 Å². The van der Waals surface area contributed by atoms with Crippen LogP contribution in [0.2, 0.25) is 0 Å². The van der Waals surface area contributed by atoms with Crippen molar-refractivity contribution in [3.05, 3.63) is 70.5 Å². The molecule has 5 heteroatoms. The second-order valence-electron chi connectivity index (χ2n) is 6.44. The van der Waals surface area contributed by atoms with Gasteiger partial charge in [-0.3, -0.25) is 14.3 Å². The van der Waals surface area contributed by atoms with Crippen LogP contribution in [0.25, 0.3) is 10.9 Å². The maximum Gasteiger partial charge on any atom is 0.229 e. The van der Waals surface area contributed by atoms with Gasteiger partial charge in [-0.05, 0) is 37.1 Å². The van der Waals surface area contributed by atoms with Crippen LogP contribution in [0.3, 0.4) is 0 Å². The highest BCUT2D eigenvalue weighted by atomic mass is 16.2. The zero-order valence-corrected chi connectivity index (χ0v) is 14.1. The van der Waals surface area contributed by atoms with Crippen molar-refractivity contribution in [1.29, 1.82) is 0 Å². The van der Waals surface area contributed by atoms with E-state index >= 15 is 0 Å². The summed E-state index contributed by atoms with van der Waals surface area (Å²) in [7, 11) is 0. The molecule has 0 unspecified atom stereocenters. The van der Waals surface area contributed by atoms with E-state index in [0.29, 0.717) is 18.4 Å². The molecule has 0 fully saturated rings. The molecule has 2 aromatic carbocycles. The molecule has 0 saturated carbocycles. The highest BCUT2D eigenvalue weighted by molar-refractivity contribution is 5.96. The monoisotopic (exact) mass is 333 g/mol. The Morgan fingerprint density at radius 3 is 2.80 bits per heavy atom.